The van der Waals surface area contributed by atoms with E-state index in [9.17, 15) is 23.3 Å². The number of nitrogens with one attached hydrogen (secondary N) is 1. The zero-order valence-corrected chi connectivity index (χ0v) is 20.4. The molecule has 1 atom stereocenters. The fourth-order valence-corrected chi connectivity index (χ4v) is 6.36. The van der Waals surface area contributed by atoms with Crippen molar-refractivity contribution in [2.45, 2.75) is 25.8 Å². The topological polar surface area (TPSA) is 119 Å². The van der Waals surface area contributed by atoms with Gasteiger partial charge in [0.1, 0.15) is 6.61 Å². The number of hydrogen-bond acceptors (Lipinski definition) is 8. The number of carbonyl (C=O) groups excluding carboxylic acids is 1. The Labute approximate surface area is 204 Å². The van der Waals surface area contributed by atoms with E-state index in [4.69, 9.17) is 4.74 Å². The van der Waals surface area contributed by atoms with E-state index in [-0.39, 0.29) is 28.5 Å². The summed E-state index contributed by atoms with van der Waals surface area (Å²) in [5.74, 6) is -1.68. The molecule has 0 aromatic heterocycles. The van der Waals surface area contributed by atoms with E-state index in [0.29, 0.717) is 36.5 Å². The van der Waals surface area contributed by atoms with Crippen molar-refractivity contribution in [2.75, 3.05) is 26.0 Å². The van der Waals surface area contributed by atoms with Crippen molar-refractivity contribution in [3.8, 4) is 0 Å². The van der Waals surface area contributed by atoms with Gasteiger partial charge in [-0.15, -0.1) is 0 Å². The largest absolute Gasteiger partial charge is 0.461 e. The van der Waals surface area contributed by atoms with Gasteiger partial charge in [0.2, 0.25) is 0 Å². The number of non-ortho nitro benzene ring substituents is 1. The second kappa shape index (κ2) is 10.0. The Morgan fingerprint density at radius 3 is 2.66 bits per heavy atom. The van der Waals surface area contributed by atoms with E-state index in [1.54, 1.807) is 13.0 Å². The molecule has 0 saturated carbocycles. The third kappa shape index (κ3) is 5.28. The van der Waals surface area contributed by atoms with Crippen molar-refractivity contribution in [3.05, 3.63) is 97.7 Å². The first-order valence-corrected chi connectivity index (χ1v) is 12.9. The molecule has 2 aromatic carbocycles. The number of nitro groups is 1. The van der Waals surface area contributed by atoms with Crippen molar-refractivity contribution in [2.24, 2.45) is 0 Å². The van der Waals surface area contributed by atoms with E-state index in [0.717, 1.165) is 5.56 Å². The minimum absolute atomic E-state index is 0.0734. The highest BCUT2D eigenvalue weighted by Crippen LogP contribution is 2.45. The molecule has 0 fully saturated rings. The average molecular weight is 498 g/mol. The molecule has 2 aliphatic rings. The highest BCUT2D eigenvalue weighted by Gasteiger charge is 2.44. The summed E-state index contributed by atoms with van der Waals surface area (Å²) in [5.41, 5.74) is 2.49. The first-order valence-electron chi connectivity index (χ1n) is 11.2. The third-order valence-corrected chi connectivity index (χ3v) is 8.08. The van der Waals surface area contributed by atoms with Crippen LogP contribution in [0.3, 0.4) is 0 Å². The van der Waals surface area contributed by atoms with Gasteiger partial charge in [0.25, 0.3) is 5.69 Å². The van der Waals surface area contributed by atoms with Gasteiger partial charge in [-0.3, -0.25) is 15.0 Å². The molecule has 0 saturated heterocycles. The van der Waals surface area contributed by atoms with Gasteiger partial charge in [-0.05, 0) is 25.1 Å². The lowest BCUT2D eigenvalue weighted by Gasteiger charge is -2.29. The summed E-state index contributed by atoms with van der Waals surface area (Å²) in [4.78, 5) is 26.2. The fourth-order valence-electron chi connectivity index (χ4n) is 4.53. The van der Waals surface area contributed by atoms with Crippen LogP contribution in [0, 0.1) is 10.1 Å². The van der Waals surface area contributed by atoms with Gasteiger partial charge in [-0.1, -0.05) is 42.5 Å². The number of ether oxygens (including phenoxy) is 1. The predicted molar refractivity (Wildman–Crippen MR) is 131 cm³/mol. The van der Waals surface area contributed by atoms with Crippen LogP contribution >= 0.6 is 0 Å². The highest BCUT2D eigenvalue weighted by molar-refractivity contribution is 7.95. The van der Waals surface area contributed by atoms with Gasteiger partial charge in [0.05, 0.1) is 27.1 Å². The van der Waals surface area contributed by atoms with Crippen LogP contribution in [-0.4, -0.2) is 50.2 Å². The number of nitrogens with zero attached hydrogens (tertiary/aromatic N) is 2. The number of carbonyl (C=O) groups is 1. The highest BCUT2D eigenvalue weighted by atomic mass is 32.2. The minimum Gasteiger partial charge on any atom is -0.461 e. The Balaban J connectivity index is 1.57. The number of hydrogen-bond donors (Lipinski definition) is 1. The SMILES string of the molecule is CC1=C(C(=O)OCCN(C)Cc2ccccc2)C(c2cccc([N+](=O)[O-])c2)C2=C(CCS2(=O)=O)N1. The summed E-state index contributed by atoms with van der Waals surface area (Å²) in [6, 6.07) is 15.7. The van der Waals surface area contributed by atoms with Crippen LogP contribution in [0.15, 0.2) is 76.5 Å². The average Bonchev–Trinajstić information content (AvgIpc) is 3.12. The number of benzene rings is 2. The summed E-state index contributed by atoms with van der Waals surface area (Å²) in [6.07, 6.45) is 0.299. The summed E-state index contributed by atoms with van der Waals surface area (Å²) < 4.78 is 31.5. The molecule has 9 nitrogen and oxygen atoms in total. The van der Waals surface area contributed by atoms with Crippen LogP contribution in [0.2, 0.25) is 0 Å². The van der Waals surface area contributed by atoms with Gasteiger partial charge in [0, 0.05) is 43.0 Å². The molecule has 35 heavy (non-hydrogen) atoms. The third-order valence-electron chi connectivity index (χ3n) is 6.18. The van der Waals surface area contributed by atoms with E-state index in [1.807, 2.05) is 42.3 Å². The van der Waals surface area contributed by atoms with E-state index < -0.39 is 26.6 Å². The van der Waals surface area contributed by atoms with Crippen LogP contribution in [-0.2, 0) is 25.9 Å². The fraction of sp³-hybridized carbons (Fsp3) is 0.320. The zero-order chi connectivity index (χ0) is 25.2. The van der Waals surface area contributed by atoms with Crippen molar-refractivity contribution in [1.29, 1.82) is 0 Å². The lowest BCUT2D eigenvalue weighted by molar-refractivity contribution is -0.384. The molecule has 10 heteroatoms. The molecule has 184 valence electrons. The Kier molecular flexibility index (Phi) is 7.04. The summed E-state index contributed by atoms with van der Waals surface area (Å²) in [6.45, 7) is 2.97. The molecule has 2 aromatic rings. The van der Waals surface area contributed by atoms with Gasteiger partial charge >= 0.3 is 5.97 Å². The maximum Gasteiger partial charge on any atom is 0.336 e. The molecule has 0 aliphatic carbocycles. The molecule has 1 N–H and O–H groups in total. The zero-order valence-electron chi connectivity index (χ0n) is 19.6. The van der Waals surface area contributed by atoms with Crippen LogP contribution < -0.4 is 5.32 Å². The summed E-state index contributed by atoms with van der Waals surface area (Å²) in [7, 11) is -1.72. The molecule has 4 rings (SSSR count). The lowest BCUT2D eigenvalue weighted by atomic mass is 9.86. The summed E-state index contributed by atoms with van der Waals surface area (Å²) in [5, 5.41) is 14.4. The van der Waals surface area contributed by atoms with Crippen LogP contribution in [0.1, 0.15) is 30.4 Å². The van der Waals surface area contributed by atoms with Crippen molar-refractivity contribution < 1.29 is 22.9 Å². The van der Waals surface area contributed by atoms with Gasteiger partial charge in [-0.2, -0.15) is 0 Å². The maximum absolute atomic E-state index is 13.3. The quantitative estimate of drug-likeness (QED) is 0.335. The van der Waals surface area contributed by atoms with Crippen LogP contribution in [0.25, 0.3) is 0 Å². The molecule has 0 radical (unpaired) electrons. The summed E-state index contributed by atoms with van der Waals surface area (Å²) >= 11 is 0. The molecule has 2 heterocycles. The van der Waals surface area contributed by atoms with Gasteiger partial charge in [0.15, 0.2) is 9.84 Å². The van der Waals surface area contributed by atoms with Gasteiger partial charge < -0.3 is 10.1 Å². The van der Waals surface area contributed by atoms with E-state index >= 15 is 0 Å². The van der Waals surface area contributed by atoms with Crippen molar-refractivity contribution in [1.82, 2.24) is 10.2 Å². The smallest absolute Gasteiger partial charge is 0.336 e. The van der Waals surface area contributed by atoms with Crippen molar-refractivity contribution >= 4 is 21.5 Å². The molecule has 0 amide bonds. The second-order valence-electron chi connectivity index (χ2n) is 8.72. The molecule has 0 spiro atoms. The monoisotopic (exact) mass is 497 g/mol. The number of esters is 1. The molecular formula is C25H27N3O6S. The normalized spacial score (nSPS) is 18.9. The molecule has 1 unspecified atom stereocenters. The van der Waals surface area contributed by atoms with E-state index in [1.165, 1.54) is 18.2 Å². The first-order chi connectivity index (χ1) is 16.7. The molecular weight excluding hydrogens is 470 g/mol. The number of nitro benzene ring substituents is 1. The lowest BCUT2D eigenvalue weighted by Crippen LogP contribution is -2.31. The number of allylic oxidation sites excluding steroid dienone is 3. The maximum atomic E-state index is 13.3. The Hall–Kier alpha value is -3.50. The Morgan fingerprint density at radius 2 is 1.94 bits per heavy atom. The van der Waals surface area contributed by atoms with Gasteiger partial charge in [-0.25, -0.2) is 13.2 Å². The van der Waals surface area contributed by atoms with Crippen LogP contribution in [0.5, 0.6) is 0 Å². The standard InChI is InChI=1S/C25H27N3O6S/c1-17-22(25(29)34-13-12-27(2)16-18-7-4-3-5-8-18)23(19-9-6-10-20(15-19)28(30)31)24-21(26-17)11-14-35(24,32)33/h3-10,15,23,26H,11-14,16H2,1-2H3. The molecule has 2 aliphatic heterocycles. The van der Waals surface area contributed by atoms with Crippen LogP contribution in [0.4, 0.5) is 5.69 Å². The number of dihydropyridines is 1. The molecule has 0 bridgehead atoms. The number of sulfone groups is 1. The number of likely N-dealkylation sites (N-methyl/N-ethyl adjacent to an activating group) is 1. The Morgan fingerprint density at radius 1 is 1.20 bits per heavy atom. The predicted octanol–water partition coefficient (Wildman–Crippen LogP) is 3.26. The second-order valence-corrected chi connectivity index (χ2v) is 10.8. The number of rotatable bonds is 8. The van der Waals surface area contributed by atoms with E-state index in [2.05, 4.69) is 5.32 Å². The minimum atomic E-state index is -3.64. The van der Waals surface area contributed by atoms with Crippen molar-refractivity contribution in [3.63, 3.8) is 0 Å². The Bertz CT molecular complexity index is 1320. The first kappa shape index (κ1) is 24.6.